The van der Waals surface area contributed by atoms with Crippen molar-refractivity contribution >= 4 is 0 Å². The van der Waals surface area contributed by atoms with Gasteiger partial charge in [-0.15, -0.1) is 0 Å². The van der Waals surface area contributed by atoms with E-state index in [9.17, 15) is 0 Å². The normalized spacial score (nSPS) is 34.6. The fourth-order valence-corrected chi connectivity index (χ4v) is 2.98. The van der Waals surface area contributed by atoms with Crippen molar-refractivity contribution < 1.29 is 0 Å². The van der Waals surface area contributed by atoms with E-state index in [1.165, 1.54) is 19.3 Å². The van der Waals surface area contributed by atoms with Crippen molar-refractivity contribution in [3.63, 3.8) is 0 Å². The molecule has 1 fully saturated rings. The van der Waals surface area contributed by atoms with Crippen molar-refractivity contribution in [1.82, 2.24) is 0 Å². The Hall–Kier alpha value is 0. The van der Waals surface area contributed by atoms with Crippen molar-refractivity contribution in [2.24, 2.45) is 22.7 Å². The predicted octanol–water partition coefficient (Wildman–Crippen LogP) is 4.49. The molecule has 13 heavy (non-hydrogen) atoms. The Morgan fingerprint density at radius 3 is 2.08 bits per heavy atom. The highest BCUT2D eigenvalue weighted by Crippen LogP contribution is 2.49. The molecule has 0 bridgehead atoms. The summed E-state index contributed by atoms with van der Waals surface area (Å²) < 4.78 is 0. The largest absolute Gasteiger partial charge is 0.0617 e. The van der Waals surface area contributed by atoms with Gasteiger partial charge in [0.1, 0.15) is 0 Å². The van der Waals surface area contributed by atoms with Crippen LogP contribution in [-0.2, 0) is 0 Å². The molecule has 1 saturated carbocycles. The van der Waals surface area contributed by atoms with E-state index in [1.807, 2.05) is 0 Å². The van der Waals surface area contributed by atoms with E-state index in [-0.39, 0.29) is 0 Å². The van der Waals surface area contributed by atoms with E-state index in [2.05, 4.69) is 41.5 Å². The lowest BCUT2D eigenvalue weighted by Gasteiger charge is -2.47. The number of rotatable bonds is 0. The van der Waals surface area contributed by atoms with E-state index in [0.717, 1.165) is 11.8 Å². The number of hydrogen-bond acceptors (Lipinski definition) is 0. The van der Waals surface area contributed by atoms with E-state index in [0.29, 0.717) is 10.8 Å². The van der Waals surface area contributed by atoms with Gasteiger partial charge in [-0.2, -0.15) is 0 Å². The fraction of sp³-hybridized carbons (Fsp3) is 1.00. The molecule has 0 aliphatic heterocycles. The van der Waals surface area contributed by atoms with E-state index < -0.39 is 0 Å². The van der Waals surface area contributed by atoms with Gasteiger partial charge in [-0.1, -0.05) is 48.0 Å². The van der Waals surface area contributed by atoms with Gasteiger partial charge >= 0.3 is 0 Å². The molecule has 1 rings (SSSR count). The molecule has 0 aromatic heterocycles. The summed E-state index contributed by atoms with van der Waals surface area (Å²) in [6, 6.07) is 0. The maximum atomic E-state index is 2.45. The molecular formula is C13H26. The van der Waals surface area contributed by atoms with Crippen LogP contribution in [0, 0.1) is 22.7 Å². The second-order valence-electron chi connectivity index (χ2n) is 6.64. The van der Waals surface area contributed by atoms with Crippen LogP contribution in [0.25, 0.3) is 0 Å². The lowest BCUT2D eigenvalue weighted by atomic mass is 9.58. The predicted molar refractivity (Wildman–Crippen MR) is 59.7 cm³/mol. The highest BCUT2D eigenvalue weighted by atomic mass is 14.5. The second-order valence-corrected chi connectivity index (χ2v) is 6.64. The second kappa shape index (κ2) is 3.29. The first-order valence-electron chi connectivity index (χ1n) is 5.75. The third-order valence-electron chi connectivity index (χ3n) is 4.28. The van der Waals surface area contributed by atoms with Crippen LogP contribution >= 0.6 is 0 Å². The van der Waals surface area contributed by atoms with Gasteiger partial charge in [-0.25, -0.2) is 0 Å². The average Bonchev–Trinajstić information content (AvgIpc) is 1.92. The Labute approximate surface area is 84.1 Å². The highest BCUT2D eigenvalue weighted by Gasteiger charge is 2.40. The molecule has 78 valence electrons. The van der Waals surface area contributed by atoms with Crippen molar-refractivity contribution in [2.45, 2.75) is 60.8 Å². The zero-order valence-corrected chi connectivity index (χ0v) is 10.3. The summed E-state index contributed by atoms with van der Waals surface area (Å²) in [6.07, 6.45) is 4.29. The maximum absolute atomic E-state index is 2.45. The summed E-state index contributed by atoms with van der Waals surface area (Å²) in [7, 11) is 0. The van der Waals surface area contributed by atoms with Crippen molar-refractivity contribution in [3.05, 3.63) is 0 Å². The third kappa shape index (κ3) is 2.27. The van der Waals surface area contributed by atoms with Gasteiger partial charge in [-0.05, 0) is 35.5 Å². The molecule has 1 aliphatic carbocycles. The molecule has 0 nitrogen and oxygen atoms in total. The summed E-state index contributed by atoms with van der Waals surface area (Å²) in [5, 5.41) is 0. The van der Waals surface area contributed by atoms with Gasteiger partial charge in [-0.3, -0.25) is 0 Å². The van der Waals surface area contributed by atoms with E-state index in [4.69, 9.17) is 0 Å². The lowest BCUT2D eigenvalue weighted by molar-refractivity contribution is 0.0229. The van der Waals surface area contributed by atoms with Gasteiger partial charge in [0.25, 0.3) is 0 Å². The quantitative estimate of drug-likeness (QED) is 0.517. The molecule has 0 spiro atoms. The molecule has 0 heterocycles. The topological polar surface area (TPSA) is 0 Å². The maximum Gasteiger partial charge on any atom is -0.0326 e. The Morgan fingerprint density at radius 1 is 1.15 bits per heavy atom. The first-order chi connectivity index (χ1) is 5.75. The van der Waals surface area contributed by atoms with E-state index in [1.54, 1.807) is 0 Å². The van der Waals surface area contributed by atoms with Crippen LogP contribution in [0.4, 0.5) is 0 Å². The first kappa shape index (κ1) is 11.1. The highest BCUT2D eigenvalue weighted by molar-refractivity contribution is 4.90. The average molecular weight is 182 g/mol. The molecule has 0 saturated heterocycles. The first-order valence-corrected chi connectivity index (χ1v) is 5.75. The summed E-state index contributed by atoms with van der Waals surface area (Å²) in [5.74, 6) is 1.79. The molecule has 0 amide bonds. The Kier molecular flexibility index (Phi) is 2.81. The summed E-state index contributed by atoms with van der Waals surface area (Å²) in [6.45, 7) is 14.5. The van der Waals surface area contributed by atoms with Crippen molar-refractivity contribution in [3.8, 4) is 0 Å². The SMILES string of the molecule is CC1C(C(C)(C)C)CCCC1(C)C. The molecular weight excluding hydrogens is 156 g/mol. The smallest absolute Gasteiger partial charge is 0.0326 e. The Morgan fingerprint density at radius 2 is 1.69 bits per heavy atom. The molecule has 0 heteroatoms. The molecule has 2 atom stereocenters. The molecule has 0 aromatic carbocycles. The van der Waals surface area contributed by atoms with Crippen LogP contribution in [0.15, 0.2) is 0 Å². The monoisotopic (exact) mass is 182 g/mol. The van der Waals surface area contributed by atoms with Crippen LogP contribution < -0.4 is 0 Å². The summed E-state index contributed by atoms with van der Waals surface area (Å²) in [4.78, 5) is 0. The fourth-order valence-electron chi connectivity index (χ4n) is 2.98. The summed E-state index contributed by atoms with van der Waals surface area (Å²) >= 11 is 0. The Balaban J connectivity index is 2.77. The van der Waals surface area contributed by atoms with Gasteiger partial charge in [0.2, 0.25) is 0 Å². The Bertz CT molecular complexity index is 171. The minimum absolute atomic E-state index is 0.497. The van der Waals surface area contributed by atoms with Gasteiger partial charge in [0.05, 0.1) is 0 Å². The minimum atomic E-state index is 0.497. The zero-order chi connectivity index (χ0) is 10.3. The van der Waals surface area contributed by atoms with Gasteiger partial charge in [0.15, 0.2) is 0 Å². The molecule has 0 aromatic rings. The van der Waals surface area contributed by atoms with Crippen LogP contribution in [-0.4, -0.2) is 0 Å². The standard InChI is InChI=1S/C13H26/c1-10-11(12(2,3)4)8-7-9-13(10,5)6/h10-11H,7-9H2,1-6H3. The van der Waals surface area contributed by atoms with Crippen LogP contribution in [0.2, 0.25) is 0 Å². The molecule has 2 unspecified atom stereocenters. The van der Waals surface area contributed by atoms with Crippen LogP contribution in [0.5, 0.6) is 0 Å². The van der Waals surface area contributed by atoms with Crippen molar-refractivity contribution in [2.75, 3.05) is 0 Å². The molecule has 0 N–H and O–H groups in total. The van der Waals surface area contributed by atoms with Crippen molar-refractivity contribution in [1.29, 1.82) is 0 Å². The third-order valence-corrected chi connectivity index (χ3v) is 4.28. The molecule has 1 aliphatic rings. The van der Waals surface area contributed by atoms with Crippen LogP contribution in [0.3, 0.4) is 0 Å². The summed E-state index contributed by atoms with van der Waals surface area (Å²) in [5.41, 5.74) is 1.06. The lowest BCUT2D eigenvalue weighted by Crippen LogP contribution is -2.39. The van der Waals surface area contributed by atoms with Crippen LogP contribution in [0.1, 0.15) is 60.8 Å². The minimum Gasteiger partial charge on any atom is -0.0617 e. The van der Waals surface area contributed by atoms with Gasteiger partial charge in [0, 0.05) is 0 Å². The number of hydrogen-bond donors (Lipinski definition) is 0. The zero-order valence-electron chi connectivity index (χ0n) is 10.3. The van der Waals surface area contributed by atoms with E-state index >= 15 is 0 Å². The molecule has 0 radical (unpaired) electrons. The van der Waals surface area contributed by atoms with Gasteiger partial charge < -0.3 is 0 Å².